The molecule has 0 saturated carbocycles. The van der Waals surface area contributed by atoms with E-state index < -0.39 is 16.7 Å². The zero-order valence-electron chi connectivity index (χ0n) is 5.13. The lowest BCUT2D eigenvalue weighted by Gasteiger charge is -2.10. The first kappa shape index (κ1) is 10.0. The number of halogens is 2. The number of aliphatic hydroxyl groups is 1. The van der Waals surface area contributed by atoms with Crippen LogP contribution in [0.15, 0.2) is 0 Å². The number of carbonyl (C=O) groups is 1. The molecule has 0 aromatic carbocycles. The van der Waals surface area contributed by atoms with Gasteiger partial charge in [-0.25, -0.2) is 0 Å². The summed E-state index contributed by atoms with van der Waals surface area (Å²) in [5, 5.41) is 16.7. The molecule has 1 unspecified atom stereocenters. The molecule has 0 heterocycles. The van der Waals surface area contributed by atoms with Crippen molar-refractivity contribution in [3.05, 3.63) is 0 Å². The van der Waals surface area contributed by atoms with Gasteiger partial charge < -0.3 is 10.2 Å². The topological polar surface area (TPSA) is 57.5 Å². The fraction of sp³-hybridized carbons (Fsp3) is 0.800. The first-order valence-electron chi connectivity index (χ1n) is 2.68. The number of carboxylic acid groups (broad SMARTS) is 1. The summed E-state index contributed by atoms with van der Waals surface area (Å²) >= 11 is 10.7. The van der Waals surface area contributed by atoms with Gasteiger partial charge >= 0.3 is 5.97 Å². The minimum Gasteiger partial charge on any atom is -0.481 e. The van der Waals surface area contributed by atoms with Gasteiger partial charge in [0.2, 0.25) is 0 Å². The van der Waals surface area contributed by atoms with Gasteiger partial charge in [-0.3, -0.25) is 4.79 Å². The average Bonchev–Trinajstić information content (AvgIpc) is 1.81. The quantitative estimate of drug-likeness (QED) is 0.642. The van der Waals surface area contributed by atoms with Crippen LogP contribution in [0, 0.1) is 5.92 Å². The van der Waals surface area contributed by atoms with Gasteiger partial charge in [-0.05, 0) is 0 Å². The van der Waals surface area contributed by atoms with Gasteiger partial charge in [-0.2, -0.15) is 0 Å². The summed E-state index contributed by atoms with van der Waals surface area (Å²) in [4.78, 5) is 9.23. The molecule has 0 aromatic heterocycles. The molecule has 0 aromatic rings. The van der Waals surface area contributed by atoms with Gasteiger partial charge in [0.1, 0.15) is 4.84 Å². The Labute approximate surface area is 68.6 Å². The van der Waals surface area contributed by atoms with Crippen molar-refractivity contribution >= 4 is 29.2 Å². The lowest BCUT2D eigenvalue weighted by molar-refractivity contribution is -0.138. The molecular weight excluding hydrogens is 179 g/mol. The Morgan fingerprint density at radius 2 is 2.00 bits per heavy atom. The summed E-state index contributed by atoms with van der Waals surface area (Å²) in [5.74, 6) is -1.58. The normalized spacial score (nSPS) is 13.6. The monoisotopic (exact) mass is 186 g/mol. The number of carboxylic acids is 1. The fourth-order valence-corrected chi connectivity index (χ4v) is 0.795. The highest BCUT2D eigenvalue weighted by Crippen LogP contribution is 2.17. The van der Waals surface area contributed by atoms with Crippen molar-refractivity contribution in [1.82, 2.24) is 0 Å². The van der Waals surface area contributed by atoms with Crippen molar-refractivity contribution in [1.29, 1.82) is 0 Å². The first-order chi connectivity index (χ1) is 4.57. The van der Waals surface area contributed by atoms with Crippen molar-refractivity contribution in [2.45, 2.75) is 11.3 Å². The number of hydrogen-bond acceptors (Lipinski definition) is 2. The second kappa shape index (κ2) is 4.77. The first-order valence-corrected chi connectivity index (χ1v) is 3.56. The highest BCUT2D eigenvalue weighted by Gasteiger charge is 2.18. The standard InChI is InChI=1S/C5H8Cl2O3/c6-5(7)3(2-8)1-4(9)10/h3,5,8H,1-2H2,(H,9,10). The highest BCUT2D eigenvalue weighted by molar-refractivity contribution is 6.44. The van der Waals surface area contributed by atoms with E-state index >= 15 is 0 Å². The molecule has 0 fully saturated rings. The molecule has 5 heteroatoms. The van der Waals surface area contributed by atoms with E-state index in [1.165, 1.54) is 0 Å². The smallest absolute Gasteiger partial charge is 0.303 e. The fourth-order valence-electron chi connectivity index (χ4n) is 0.458. The maximum atomic E-state index is 10.0. The van der Waals surface area contributed by atoms with Gasteiger partial charge in [0.25, 0.3) is 0 Å². The Balaban J connectivity index is 3.71. The zero-order valence-corrected chi connectivity index (χ0v) is 6.64. The number of alkyl halides is 2. The van der Waals surface area contributed by atoms with Crippen LogP contribution >= 0.6 is 23.2 Å². The molecule has 2 N–H and O–H groups in total. The zero-order chi connectivity index (χ0) is 8.15. The van der Waals surface area contributed by atoms with E-state index in [2.05, 4.69) is 0 Å². The number of aliphatic carboxylic acids is 1. The third kappa shape index (κ3) is 3.93. The molecular formula is C5H8Cl2O3. The van der Waals surface area contributed by atoms with Crippen molar-refractivity contribution in [3.63, 3.8) is 0 Å². The average molecular weight is 187 g/mol. The maximum Gasteiger partial charge on any atom is 0.303 e. The Kier molecular flexibility index (Phi) is 4.77. The molecule has 60 valence electrons. The SMILES string of the molecule is O=C(O)CC(CO)C(Cl)Cl. The molecule has 10 heavy (non-hydrogen) atoms. The van der Waals surface area contributed by atoms with E-state index in [1.54, 1.807) is 0 Å². The van der Waals surface area contributed by atoms with Crippen LogP contribution in [0.2, 0.25) is 0 Å². The number of rotatable bonds is 4. The third-order valence-corrected chi connectivity index (χ3v) is 1.74. The van der Waals surface area contributed by atoms with Crippen LogP contribution in [0.1, 0.15) is 6.42 Å². The molecule has 0 rings (SSSR count). The van der Waals surface area contributed by atoms with Gasteiger partial charge in [0, 0.05) is 12.5 Å². The summed E-state index contributed by atoms with van der Waals surface area (Å²) in [5.41, 5.74) is 0. The molecule has 0 amide bonds. The number of aliphatic hydroxyl groups excluding tert-OH is 1. The van der Waals surface area contributed by atoms with Crippen LogP contribution in [0.4, 0.5) is 0 Å². The van der Waals surface area contributed by atoms with Crippen LogP contribution in [0.3, 0.4) is 0 Å². The van der Waals surface area contributed by atoms with Gasteiger partial charge in [-0.15, -0.1) is 23.2 Å². The Morgan fingerprint density at radius 1 is 1.50 bits per heavy atom. The molecule has 0 aliphatic rings. The van der Waals surface area contributed by atoms with E-state index in [-0.39, 0.29) is 13.0 Å². The molecule has 0 aliphatic carbocycles. The molecule has 3 nitrogen and oxygen atoms in total. The summed E-state index contributed by atoms with van der Waals surface area (Å²) in [6.07, 6.45) is -0.200. The van der Waals surface area contributed by atoms with Crippen LogP contribution in [0.5, 0.6) is 0 Å². The molecule has 0 radical (unpaired) electrons. The van der Waals surface area contributed by atoms with E-state index in [0.717, 1.165) is 0 Å². The molecule has 0 bridgehead atoms. The van der Waals surface area contributed by atoms with Crippen LogP contribution in [-0.4, -0.2) is 27.6 Å². The van der Waals surface area contributed by atoms with E-state index in [9.17, 15) is 4.79 Å². The summed E-state index contributed by atoms with van der Waals surface area (Å²) < 4.78 is 0. The van der Waals surface area contributed by atoms with E-state index in [0.29, 0.717) is 0 Å². The molecule has 1 atom stereocenters. The van der Waals surface area contributed by atoms with Crippen molar-refractivity contribution < 1.29 is 15.0 Å². The van der Waals surface area contributed by atoms with Crippen LogP contribution in [-0.2, 0) is 4.79 Å². The van der Waals surface area contributed by atoms with E-state index in [4.69, 9.17) is 33.4 Å². The Hall–Kier alpha value is 0.01000. The minimum atomic E-state index is -1.01. The molecule has 0 aliphatic heterocycles. The van der Waals surface area contributed by atoms with Crippen molar-refractivity contribution in [3.8, 4) is 0 Å². The second-order valence-corrected chi connectivity index (χ2v) is 3.04. The Bertz CT molecular complexity index is 115. The van der Waals surface area contributed by atoms with Crippen molar-refractivity contribution in [2.24, 2.45) is 5.92 Å². The Morgan fingerprint density at radius 3 is 2.10 bits per heavy atom. The molecule has 0 spiro atoms. The van der Waals surface area contributed by atoms with Crippen LogP contribution < -0.4 is 0 Å². The van der Waals surface area contributed by atoms with Gasteiger partial charge in [0.05, 0.1) is 6.42 Å². The van der Waals surface area contributed by atoms with Gasteiger partial charge in [0.15, 0.2) is 0 Å². The summed E-state index contributed by atoms with van der Waals surface area (Å²) in [6.45, 7) is -0.302. The highest BCUT2D eigenvalue weighted by atomic mass is 35.5. The summed E-state index contributed by atoms with van der Waals surface area (Å²) in [6, 6.07) is 0. The largest absolute Gasteiger partial charge is 0.481 e. The predicted molar refractivity (Wildman–Crippen MR) is 38.3 cm³/mol. The van der Waals surface area contributed by atoms with E-state index in [1.807, 2.05) is 0 Å². The van der Waals surface area contributed by atoms with Crippen molar-refractivity contribution in [2.75, 3.05) is 6.61 Å². The predicted octanol–water partition coefficient (Wildman–Crippen LogP) is 0.873. The minimum absolute atomic E-state index is 0.200. The third-order valence-electron chi connectivity index (χ3n) is 1.03. The number of hydrogen-bond donors (Lipinski definition) is 2. The summed E-state index contributed by atoms with van der Waals surface area (Å²) in [7, 11) is 0. The lowest BCUT2D eigenvalue weighted by atomic mass is 10.1. The van der Waals surface area contributed by atoms with Gasteiger partial charge in [-0.1, -0.05) is 0 Å². The second-order valence-electron chi connectivity index (χ2n) is 1.87. The van der Waals surface area contributed by atoms with Crippen LogP contribution in [0.25, 0.3) is 0 Å². The lowest BCUT2D eigenvalue weighted by Crippen LogP contribution is -2.18. The maximum absolute atomic E-state index is 10.0. The molecule has 0 saturated heterocycles.